The van der Waals surface area contributed by atoms with Crippen LogP contribution < -0.4 is 10.6 Å². The molecule has 0 radical (unpaired) electrons. The summed E-state index contributed by atoms with van der Waals surface area (Å²) < 4.78 is 4.93. The Morgan fingerprint density at radius 3 is 2.79 bits per heavy atom. The fraction of sp³-hybridized carbons (Fsp3) is 0.500. The molecule has 4 amide bonds. The Morgan fingerprint density at radius 2 is 2.07 bits per heavy atom. The predicted molar refractivity (Wildman–Crippen MR) is 105 cm³/mol. The smallest absolute Gasteiger partial charge is 0.326 e. The van der Waals surface area contributed by atoms with Crippen LogP contribution in [0.3, 0.4) is 0 Å². The maximum absolute atomic E-state index is 12.8. The molecule has 8 nitrogen and oxygen atoms in total. The minimum Gasteiger partial charge on any atom is -0.454 e. The monoisotopic (exact) mass is 421 g/mol. The summed E-state index contributed by atoms with van der Waals surface area (Å²) in [6.45, 7) is 1.11. The van der Waals surface area contributed by atoms with Gasteiger partial charge in [-0.3, -0.25) is 19.3 Å². The molecule has 0 bridgehead atoms. The lowest BCUT2D eigenvalue weighted by atomic mass is 9.73. The average Bonchev–Trinajstić information content (AvgIpc) is 2.93. The number of carbonyl (C=O) groups is 4. The van der Waals surface area contributed by atoms with Gasteiger partial charge in [-0.25, -0.2) is 4.79 Å². The number of urea groups is 1. The Hall–Kier alpha value is -2.61. The first-order chi connectivity index (χ1) is 13.8. The Bertz CT molecular complexity index is 830. The van der Waals surface area contributed by atoms with Crippen molar-refractivity contribution in [2.45, 2.75) is 44.7 Å². The number of esters is 1. The van der Waals surface area contributed by atoms with Crippen molar-refractivity contribution in [1.82, 2.24) is 15.5 Å². The zero-order valence-electron chi connectivity index (χ0n) is 16.2. The van der Waals surface area contributed by atoms with E-state index in [4.69, 9.17) is 16.3 Å². The molecule has 1 aromatic rings. The van der Waals surface area contributed by atoms with E-state index in [1.165, 1.54) is 0 Å². The molecule has 0 unspecified atom stereocenters. The third kappa shape index (κ3) is 4.53. The minimum atomic E-state index is -0.929. The molecule has 3 rings (SSSR count). The normalized spacial score (nSPS) is 23.8. The van der Waals surface area contributed by atoms with Gasteiger partial charge in [-0.05, 0) is 30.4 Å². The van der Waals surface area contributed by atoms with Crippen LogP contribution in [0.1, 0.15) is 38.2 Å². The zero-order chi connectivity index (χ0) is 21.0. The van der Waals surface area contributed by atoms with E-state index in [1.807, 2.05) is 6.92 Å². The van der Waals surface area contributed by atoms with Crippen LogP contribution in [0.2, 0.25) is 5.02 Å². The molecule has 2 atom stereocenters. The molecular formula is C20H24ClN3O5. The average molecular weight is 422 g/mol. The van der Waals surface area contributed by atoms with Gasteiger partial charge in [-0.2, -0.15) is 0 Å². The maximum atomic E-state index is 12.8. The first-order valence-corrected chi connectivity index (χ1v) is 10.0. The number of halogens is 1. The standard InChI is InChI=1S/C20H24ClN3O5/c1-13-6-4-5-9-20(13)18(27)24(19(28)23-20)11-17(26)29-12-16(25)22-10-14-7-2-3-8-15(14)21/h2-3,7-8,13H,4-6,9-12H2,1H3,(H,22,25)(H,23,28)/t13-,20-/m1/s1. The molecular weight excluding hydrogens is 398 g/mol. The Labute approximate surface area is 173 Å². The van der Waals surface area contributed by atoms with E-state index < -0.39 is 42.5 Å². The molecule has 1 saturated heterocycles. The highest BCUT2D eigenvalue weighted by atomic mass is 35.5. The molecule has 9 heteroatoms. The SMILES string of the molecule is C[C@@H]1CCCC[C@@]12NC(=O)N(CC(=O)OCC(=O)NCc1ccccc1Cl)C2=O. The zero-order valence-corrected chi connectivity index (χ0v) is 17.0. The first-order valence-electron chi connectivity index (χ1n) is 9.63. The van der Waals surface area contributed by atoms with Crippen molar-refractivity contribution in [1.29, 1.82) is 0 Å². The summed E-state index contributed by atoms with van der Waals surface area (Å²) >= 11 is 6.02. The van der Waals surface area contributed by atoms with Crippen LogP contribution >= 0.6 is 11.6 Å². The van der Waals surface area contributed by atoms with Crippen molar-refractivity contribution in [3.63, 3.8) is 0 Å². The number of hydrogen-bond donors (Lipinski definition) is 2. The molecule has 1 aliphatic heterocycles. The van der Waals surface area contributed by atoms with Crippen molar-refractivity contribution < 1.29 is 23.9 Å². The van der Waals surface area contributed by atoms with E-state index in [0.29, 0.717) is 11.4 Å². The van der Waals surface area contributed by atoms with Gasteiger partial charge in [0.05, 0.1) is 0 Å². The summed E-state index contributed by atoms with van der Waals surface area (Å²) in [5, 5.41) is 5.89. The quantitative estimate of drug-likeness (QED) is 0.540. The van der Waals surface area contributed by atoms with Crippen molar-refractivity contribution in [2.24, 2.45) is 5.92 Å². The number of ether oxygens (including phenoxy) is 1. The highest BCUT2D eigenvalue weighted by Gasteiger charge is 2.55. The predicted octanol–water partition coefficient (Wildman–Crippen LogP) is 2.00. The van der Waals surface area contributed by atoms with E-state index in [9.17, 15) is 19.2 Å². The van der Waals surface area contributed by atoms with E-state index in [1.54, 1.807) is 24.3 Å². The number of hydrogen-bond acceptors (Lipinski definition) is 5. The number of carbonyl (C=O) groups excluding carboxylic acids is 4. The van der Waals surface area contributed by atoms with Crippen molar-refractivity contribution in [2.75, 3.05) is 13.2 Å². The second-order valence-electron chi connectivity index (χ2n) is 7.47. The molecule has 1 heterocycles. The van der Waals surface area contributed by atoms with Gasteiger partial charge in [0.2, 0.25) is 0 Å². The molecule has 2 aliphatic rings. The number of benzene rings is 1. The van der Waals surface area contributed by atoms with Gasteiger partial charge >= 0.3 is 12.0 Å². The van der Waals surface area contributed by atoms with Crippen LogP contribution in [0.15, 0.2) is 24.3 Å². The summed E-state index contributed by atoms with van der Waals surface area (Å²) in [5.41, 5.74) is -0.192. The van der Waals surface area contributed by atoms with Crippen LogP contribution in [0.25, 0.3) is 0 Å². The maximum Gasteiger partial charge on any atom is 0.326 e. The first kappa shape index (κ1) is 21.1. The molecule has 1 aliphatic carbocycles. The lowest BCUT2D eigenvalue weighted by Gasteiger charge is -2.36. The Kier molecular flexibility index (Phi) is 6.42. The van der Waals surface area contributed by atoms with Crippen LogP contribution in [0.4, 0.5) is 4.79 Å². The summed E-state index contributed by atoms with van der Waals surface area (Å²) in [6.07, 6.45) is 3.27. The molecule has 1 saturated carbocycles. The fourth-order valence-corrected chi connectivity index (χ4v) is 4.05. The number of imide groups is 1. The number of rotatable bonds is 6. The van der Waals surface area contributed by atoms with Crippen LogP contribution in [-0.2, 0) is 25.7 Å². The molecule has 0 aromatic heterocycles. The Morgan fingerprint density at radius 1 is 1.31 bits per heavy atom. The van der Waals surface area contributed by atoms with Gasteiger partial charge in [0.25, 0.3) is 11.8 Å². The van der Waals surface area contributed by atoms with E-state index in [0.717, 1.165) is 29.7 Å². The number of nitrogens with one attached hydrogen (secondary N) is 2. The second kappa shape index (κ2) is 8.82. The van der Waals surface area contributed by atoms with E-state index in [2.05, 4.69) is 10.6 Å². The van der Waals surface area contributed by atoms with Crippen LogP contribution in [0, 0.1) is 5.92 Å². The third-order valence-corrected chi connectivity index (χ3v) is 5.96. The highest BCUT2D eigenvalue weighted by molar-refractivity contribution is 6.31. The van der Waals surface area contributed by atoms with Crippen molar-refractivity contribution in [3.05, 3.63) is 34.9 Å². The Balaban J connectivity index is 1.48. The minimum absolute atomic E-state index is 0.00399. The van der Waals surface area contributed by atoms with Crippen LogP contribution in [-0.4, -0.2) is 47.4 Å². The molecule has 2 N–H and O–H groups in total. The van der Waals surface area contributed by atoms with Crippen molar-refractivity contribution in [3.8, 4) is 0 Å². The van der Waals surface area contributed by atoms with Gasteiger partial charge in [-0.1, -0.05) is 49.6 Å². The number of amides is 4. The molecule has 156 valence electrons. The highest BCUT2D eigenvalue weighted by Crippen LogP contribution is 2.38. The van der Waals surface area contributed by atoms with E-state index in [-0.39, 0.29) is 12.5 Å². The molecule has 1 aromatic carbocycles. The van der Waals surface area contributed by atoms with Gasteiger partial charge in [-0.15, -0.1) is 0 Å². The lowest BCUT2D eigenvalue weighted by Crippen LogP contribution is -2.54. The van der Waals surface area contributed by atoms with Gasteiger partial charge in [0, 0.05) is 11.6 Å². The van der Waals surface area contributed by atoms with E-state index >= 15 is 0 Å². The lowest BCUT2D eigenvalue weighted by molar-refractivity contribution is -0.151. The van der Waals surface area contributed by atoms with Gasteiger partial charge < -0.3 is 15.4 Å². The van der Waals surface area contributed by atoms with Gasteiger partial charge in [0.15, 0.2) is 6.61 Å². The van der Waals surface area contributed by atoms with Gasteiger partial charge in [0.1, 0.15) is 12.1 Å². The summed E-state index contributed by atoms with van der Waals surface area (Å²) in [7, 11) is 0. The largest absolute Gasteiger partial charge is 0.454 e. The topological polar surface area (TPSA) is 105 Å². The van der Waals surface area contributed by atoms with Crippen LogP contribution in [0.5, 0.6) is 0 Å². The summed E-state index contributed by atoms with van der Waals surface area (Å²) in [6, 6.07) is 6.47. The fourth-order valence-electron chi connectivity index (χ4n) is 3.85. The molecule has 1 spiro atoms. The van der Waals surface area contributed by atoms with Crippen molar-refractivity contribution >= 4 is 35.4 Å². The number of nitrogens with zero attached hydrogens (tertiary/aromatic N) is 1. The molecule has 29 heavy (non-hydrogen) atoms. The summed E-state index contributed by atoms with van der Waals surface area (Å²) in [4.78, 5) is 49.9. The summed E-state index contributed by atoms with van der Waals surface area (Å²) in [5.74, 6) is -1.71. The second-order valence-corrected chi connectivity index (χ2v) is 7.88. The third-order valence-electron chi connectivity index (χ3n) is 5.59. The molecule has 2 fully saturated rings.